The number of alkyl halides is 5. The first kappa shape index (κ1) is 9.61. The molecular formula is C4H6F5N. The third kappa shape index (κ3) is 4.49. The minimum absolute atomic E-state index is 1.63. The molecule has 0 spiro atoms. The van der Waals surface area contributed by atoms with E-state index in [1.165, 1.54) is 0 Å². The van der Waals surface area contributed by atoms with E-state index in [1.807, 2.05) is 0 Å². The molecule has 1 unspecified atom stereocenters. The standard InChI is InChI=1S/C4H6F5N/c5-3(6)2(10)1-4(7,8)9/h2-3H,1,10H2. The van der Waals surface area contributed by atoms with Gasteiger partial charge >= 0.3 is 6.18 Å². The fourth-order valence-electron chi connectivity index (χ4n) is 0.356. The second kappa shape index (κ2) is 3.14. The van der Waals surface area contributed by atoms with Crippen LogP contribution in [-0.2, 0) is 0 Å². The van der Waals surface area contributed by atoms with E-state index in [1.54, 1.807) is 0 Å². The summed E-state index contributed by atoms with van der Waals surface area (Å²) in [5.41, 5.74) is 4.43. The van der Waals surface area contributed by atoms with Crippen molar-refractivity contribution in [1.82, 2.24) is 0 Å². The molecule has 2 N–H and O–H groups in total. The fraction of sp³-hybridized carbons (Fsp3) is 1.00. The van der Waals surface area contributed by atoms with Crippen molar-refractivity contribution in [2.24, 2.45) is 5.73 Å². The molecule has 0 aliphatic rings. The highest BCUT2D eigenvalue weighted by Gasteiger charge is 2.33. The second-order valence-electron chi connectivity index (χ2n) is 1.82. The predicted octanol–water partition coefficient (Wildman–Crippen LogP) is 1.53. The Morgan fingerprint density at radius 2 is 1.60 bits per heavy atom. The van der Waals surface area contributed by atoms with E-state index < -0.39 is 25.1 Å². The van der Waals surface area contributed by atoms with Gasteiger partial charge in [-0.05, 0) is 0 Å². The Kier molecular flexibility index (Phi) is 3.01. The largest absolute Gasteiger partial charge is 0.390 e. The Bertz CT molecular complexity index is 98.3. The van der Waals surface area contributed by atoms with E-state index in [0.29, 0.717) is 0 Å². The Morgan fingerprint density at radius 3 is 1.70 bits per heavy atom. The van der Waals surface area contributed by atoms with E-state index in [9.17, 15) is 22.0 Å². The van der Waals surface area contributed by atoms with E-state index >= 15 is 0 Å². The van der Waals surface area contributed by atoms with Gasteiger partial charge in [0.1, 0.15) is 0 Å². The van der Waals surface area contributed by atoms with Crippen LogP contribution in [0.1, 0.15) is 6.42 Å². The zero-order valence-electron chi connectivity index (χ0n) is 4.83. The number of halogens is 5. The first-order valence-corrected chi connectivity index (χ1v) is 2.43. The highest BCUT2D eigenvalue weighted by atomic mass is 19.4. The minimum Gasteiger partial charge on any atom is -0.323 e. The number of rotatable bonds is 2. The van der Waals surface area contributed by atoms with Crippen molar-refractivity contribution < 1.29 is 22.0 Å². The molecule has 0 aliphatic heterocycles. The van der Waals surface area contributed by atoms with Gasteiger partial charge < -0.3 is 5.73 Å². The van der Waals surface area contributed by atoms with Crippen LogP contribution in [0.5, 0.6) is 0 Å². The number of nitrogens with two attached hydrogens (primary N) is 1. The van der Waals surface area contributed by atoms with E-state index in [-0.39, 0.29) is 0 Å². The first-order valence-electron chi connectivity index (χ1n) is 2.43. The molecule has 0 aromatic rings. The lowest BCUT2D eigenvalue weighted by molar-refractivity contribution is -0.145. The van der Waals surface area contributed by atoms with Gasteiger partial charge in [-0.1, -0.05) is 0 Å². The quantitative estimate of drug-likeness (QED) is 0.614. The van der Waals surface area contributed by atoms with Crippen LogP contribution < -0.4 is 5.73 Å². The Hall–Kier alpha value is -0.390. The molecule has 10 heavy (non-hydrogen) atoms. The van der Waals surface area contributed by atoms with Crippen LogP contribution in [0, 0.1) is 0 Å². The minimum atomic E-state index is -4.60. The molecule has 0 aliphatic carbocycles. The zero-order valence-corrected chi connectivity index (χ0v) is 4.83. The van der Waals surface area contributed by atoms with Gasteiger partial charge in [0.05, 0.1) is 12.5 Å². The van der Waals surface area contributed by atoms with Gasteiger partial charge in [0, 0.05) is 0 Å². The Labute approximate surface area is 54.0 Å². The predicted molar refractivity (Wildman–Crippen MR) is 24.7 cm³/mol. The van der Waals surface area contributed by atoms with Gasteiger partial charge in [-0.25, -0.2) is 8.78 Å². The summed E-state index contributed by atoms with van der Waals surface area (Å²) in [6.45, 7) is 0. The molecule has 0 saturated heterocycles. The molecule has 62 valence electrons. The van der Waals surface area contributed by atoms with Crippen LogP contribution in [0.15, 0.2) is 0 Å². The summed E-state index contributed by atoms with van der Waals surface area (Å²) in [5.74, 6) is 0. The lowest BCUT2D eigenvalue weighted by atomic mass is 10.2. The molecule has 0 bridgehead atoms. The average molecular weight is 163 g/mol. The normalized spacial score (nSPS) is 15.9. The molecule has 0 fully saturated rings. The maximum Gasteiger partial charge on any atom is 0.390 e. The lowest BCUT2D eigenvalue weighted by Crippen LogP contribution is -2.33. The van der Waals surface area contributed by atoms with Gasteiger partial charge in [-0.2, -0.15) is 13.2 Å². The maximum atomic E-state index is 11.3. The molecule has 0 rings (SSSR count). The third-order valence-corrected chi connectivity index (χ3v) is 0.791. The summed E-state index contributed by atoms with van der Waals surface area (Å²) in [6.07, 6.45) is -9.35. The molecule has 6 heteroatoms. The van der Waals surface area contributed by atoms with Gasteiger partial charge in [0.15, 0.2) is 0 Å². The highest BCUT2D eigenvalue weighted by Crippen LogP contribution is 2.22. The molecule has 0 heterocycles. The van der Waals surface area contributed by atoms with Crippen LogP contribution in [0.4, 0.5) is 22.0 Å². The third-order valence-electron chi connectivity index (χ3n) is 0.791. The van der Waals surface area contributed by atoms with Crippen LogP contribution in [0.2, 0.25) is 0 Å². The summed E-state index contributed by atoms with van der Waals surface area (Å²) < 4.78 is 56.4. The Morgan fingerprint density at radius 1 is 1.20 bits per heavy atom. The molecule has 0 aromatic heterocycles. The van der Waals surface area contributed by atoms with Crippen molar-refractivity contribution in [3.63, 3.8) is 0 Å². The van der Waals surface area contributed by atoms with Crippen molar-refractivity contribution in [3.8, 4) is 0 Å². The van der Waals surface area contributed by atoms with Crippen LogP contribution in [-0.4, -0.2) is 18.6 Å². The Balaban J connectivity index is 3.68. The first-order chi connectivity index (χ1) is 4.33. The van der Waals surface area contributed by atoms with Crippen molar-refractivity contribution in [3.05, 3.63) is 0 Å². The van der Waals surface area contributed by atoms with Crippen LogP contribution in [0.25, 0.3) is 0 Å². The zero-order chi connectivity index (χ0) is 8.36. The van der Waals surface area contributed by atoms with Gasteiger partial charge in [-0.3, -0.25) is 0 Å². The summed E-state index contributed by atoms with van der Waals surface area (Å²) >= 11 is 0. The van der Waals surface area contributed by atoms with Crippen molar-refractivity contribution in [2.75, 3.05) is 0 Å². The average Bonchev–Trinajstić information content (AvgIpc) is 1.60. The topological polar surface area (TPSA) is 26.0 Å². The molecule has 1 atom stereocenters. The number of hydrogen-bond donors (Lipinski definition) is 1. The smallest absolute Gasteiger partial charge is 0.323 e. The van der Waals surface area contributed by atoms with Gasteiger partial charge in [0.25, 0.3) is 6.43 Å². The van der Waals surface area contributed by atoms with Gasteiger partial charge in [0.2, 0.25) is 0 Å². The summed E-state index contributed by atoms with van der Waals surface area (Å²) in [4.78, 5) is 0. The van der Waals surface area contributed by atoms with E-state index in [0.717, 1.165) is 0 Å². The highest BCUT2D eigenvalue weighted by molar-refractivity contribution is 4.67. The fourth-order valence-corrected chi connectivity index (χ4v) is 0.356. The van der Waals surface area contributed by atoms with E-state index in [2.05, 4.69) is 5.73 Å². The summed E-state index contributed by atoms with van der Waals surface area (Å²) in [5, 5.41) is 0. The molecule has 0 amide bonds. The maximum absolute atomic E-state index is 11.3. The van der Waals surface area contributed by atoms with E-state index in [4.69, 9.17) is 0 Å². The van der Waals surface area contributed by atoms with Gasteiger partial charge in [-0.15, -0.1) is 0 Å². The summed E-state index contributed by atoms with van der Waals surface area (Å²) in [7, 11) is 0. The molecule has 0 saturated carbocycles. The van der Waals surface area contributed by atoms with Crippen LogP contribution >= 0.6 is 0 Å². The number of hydrogen-bond acceptors (Lipinski definition) is 1. The van der Waals surface area contributed by atoms with Crippen molar-refractivity contribution in [1.29, 1.82) is 0 Å². The van der Waals surface area contributed by atoms with Crippen molar-refractivity contribution >= 4 is 0 Å². The molecular weight excluding hydrogens is 157 g/mol. The SMILES string of the molecule is NC(CC(F)(F)F)C(F)F. The van der Waals surface area contributed by atoms with Crippen LogP contribution in [0.3, 0.4) is 0 Å². The molecule has 1 nitrogen and oxygen atoms in total. The lowest BCUT2D eigenvalue weighted by Gasteiger charge is -2.11. The summed E-state index contributed by atoms with van der Waals surface area (Å²) in [6, 6.07) is -2.10. The molecule has 0 radical (unpaired) electrons. The second-order valence-corrected chi connectivity index (χ2v) is 1.82. The molecule has 0 aromatic carbocycles. The van der Waals surface area contributed by atoms with Crippen molar-refractivity contribution in [2.45, 2.75) is 25.1 Å². The monoisotopic (exact) mass is 163 g/mol.